The van der Waals surface area contributed by atoms with Crippen molar-refractivity contribution in [3.63, 3.8) is 0 Å². The Bertz CT molecular complexity index is 1550. The second-order valence-corrected chi connectivity index (χ2v) is 8.44. The normalized spacial score (nSPS) is 12.1. The molecule has 0 saturated heterocycles. The summed E-state index contributed by atoms with van der Waals surface area (Å²) in [6.45, 7) is 4.02. The Morgan fingerprint density at radius 1 is 1.12 bits per heavy atom. The van der Waals surface area contributed by atoms with E-state index in [1.165, 1.54) is 0 Å². The molecule has 9 heteroatoms. The largest absolute Gasteiger partial charge is 0.339 e. The third-order valence-corrected chi connectivity index (χ3v) is 5.90. The second kappa shape index (κ2) is 7.78. The molecular weight excluding hydrogens is 428 g/mol. The highest BCUT2D eigenvalue weighted by molar-refractivity contribution is 5.63. The van der Waals surface area contributed by atoms with Crippen molar-refractivity contribution in [2.75, 3.05) is 0 Å². The zero-order valence-electron chi connectivity index (χ0n) is 18.7. The third kappa shape index (κ3) is 3.19. The van der Waals surface area contributed by atoms with E-state index in [9.17, 15) is 0 Å². The summed E-state index contributed by atoms with van der Waals surface area (Å²) in [5.74, 6) is 3.88. The lowest BCUT2D eigenvalue weighted by atomic mass is 10.1. The number of terminal acetylenes is 1. The van der Waals surface area contributed by atoms with Gasteiger partial charge in [-0.1, -0.05) is 36.2 Å². The first-order valence-corrected chi connectivity index (χ1v) is 11.0. The molecule has 0 unspecified atom stereocenters. The summed E-state index contributed by atoms with van der Waals surface area (Å²) in [5, 5.41) is 13.2. The van der Waals surface area contributed by atoms with Gasteiger partial charge in [-0.15, -0.1) is 11.5 Å². The summed E-state index contributed by atoms with van der Waals surface area (Å²) in [6.07, 6.45) is 10.3. The minimum atomic E-state index is 0.126. The van der Waals surface area contributed by atoms with E-state index < -0.39 is 0 Å². The van der Waals surface area contributed by atoms with Crippen LogP contribution in [0.5, 0.6) is 0 Å². The van der Waals surface area contributed by atoms with Gasteiger partial charge in [0, 0.05) is 36.2 Å². The summed E-state index contributed by atoms with van der Waals surface area (Å²) in [5.41, 5.74) is 6.78. The van der Waals surface area contributed by atoms with Crippen LogP contribution in [0.1, 0.15) is 54.0 Å². The van der Waals surface area contributed by atoms with Gasteiger partial charge in [0.15, 0.2) is 0 Å². The smallest absolute Gasteiger partial charge is 0.229 e. The van der Waals surface area contributed by atoms with Crippen molar-refractivity contribution in [2.24, 2.45) is 0 Å². The molecule has 0 fully saturated rings. The average Bonchev–Trinajstić information content (AvgIpc) is 3.57. The molecule has 166 valence electrons. The lowest BCUT2D eigenvalue weighted by Gasteiger charge is -2.10. The maximum Gasteiger partial charge on any atom is 0.229 e. The van der Waals surface area contributed by atoms with E-state index in [0.717, 1.165) is 39.7 Å². The van der Waals surface area contributed by atoms with E-state index >= 15 is 0 Å². The lowest BCUT2D eigenvalue weighted by molar-refractivity contribution is 0.365. The Kier molecular flexibility index (Phi) is 4.59. The lowest BCUT2D eigenvalue weighted by Crippen LogP contribution is -2.05. The molecule has 0 spiro atoms. The van der Waals surface area contributed by atoms with Gasteiger partial charge in [-0.2, -0.15) is 4.98 Å². The van der Waals surface area contributed by atoms with Crippen LogP contribution in [-0.2, 0) is 12.8 Å². The Labute approximate surface area is 195 Å². The van der Waals surface area contributed by atoms with Gasteiger partial charge in [-0.25, -0.2) is 9.67 Å². The fraction of sp³-hybridized carbons (Fsp3) is 0.200. The number of fused-ring (bicyclic) bond motifs is 5. The molecule has 34 heavy (non-hydrogen) atoms. The SMILES string of the molecule is C#Cc1ccc2c(c1)-n1nnc(Cc3ccccn3)c1Cc1c(-c3noc(C(C)C)n3)ncn1-2. The molecule has 5 aromatic rings. The number of rotatable bonds is 4. The van der Waals surface area contributed by atoms with Gasteiger partial charge < -0.3 is 4.52 Å². The van der Waals surface area contributed by atoms with Crippen molar-refractivity contribution in [1.82, 2.24) is 39.7 Å². The maximum absolute atomic E-state index is 5.70. The molecule has 0 atom stereocenters. The quantitative estimate of drug-likeness (QED) is 0.381. The zero-order chi connectivity index (χ0) is 23.2. The standard InChI is InChI=1S/C25H20N8O/c1-4-16-8-9-19-21(11-16)33-20(18(29-31-33)12-17-7-5-6-10-26-17)13-22-23(27-14-32(19)22)24-28-25(15(2)3)34-30-24/h1,5-11,14-15H,12-13H2,2-3H3. The Hall–Kier alpha value is -4.58. The summed E-state index contributed by atoms with van der Waals surface area (Å²) < 4.78 is 9.36. The highest BCUT2D eigenvalue weighted by Gasteiger charge is 2.28. The Morgan fingerprint density at radius 2 is 2.03 bits per heavy atom. The molecule has 0 amide bonds. The molecule has 4 aromatic heterocycles. The summed E-state index contributed by atoms with van der Waals surface area (Å²) in [4.78, 5) is 13.7. The molecule has 1 aromatic carbocycles. The van der Waals surface area contributed by atoms with Crippen LogP contribution >= 0.6 is 0 Å². The van der Waals surface area contributed by atoms with Crippen molar-refractivity contribution in [3.8, 4) is 35.2 Å². The number of aromatic nitrogens is 8. The van der Waals surface area contributed by atoms with Crippen molar-refractivity contribution >= 4 is 0 Å². The minimum Gasteiger partial charge on any atom is -0.339 e. The highest BCUT2D eigenvalue weighted by Crippen LogP contribution is 2.33. The molecule has 0 saturated carbocycles. The first kappa shape index (κ1) is 20.1. The zero-order valence-corrected chi connectivity index (χ0v) is 18.7. The van der Waals surface area contributed by atoms with Crippen LogP contribution in [0.4, 0.5) is 0 Å². The first-order chi connectivity index (χ1) is 16.6. The number of imidazole rings is 1. The fourth-order valence-corrected chi connectivity index (χ4v) is 4.16. The molecule has 0 bridgehead atoms. The summed E-state index contributed by atoms with van der Waals surface area (Å²) >= 11 is 0. The first-order valence-electron chi connectivity index (χ1n) is 11.0. The molecule has 6 rings (SSSR count). The van der Waals surface area contributed by atoms with E-state index in [4.69, 9.17) is 10.9 Å². The highest BCUT2D eigenvalue weighted by atomic mass is 16.5. The van der Waals surface area contributed by atoms with Crippen molar-refractivity contribution in [2.45, 2.75) is 32.6 Å². The number of pyridine rings is 1. The predicted octanol–water partition coefficient (Wildman–Crippen LogP) is 3.50. The van der Waals surface area contributed by atoms with Crippen LogP contribution in [-0.4, -0.2) is 39.7 Å². The van der Waals surface area contributed by atoms with E-state index in [2.05, 4.69) is 36.3 Å². The van der Waals surface area contributed by atoms with Crippen LogP contribution in [0.15, 0.2) is 53.4 Å². The number of hydrogen-bond acceptors (Lipinski definition) is 7. The summed E-state index contributed by atoms with van der Waals surface area (Å²) in [7, 11) is 0. The van der Waals surface area contributed by atoms with E-state index in [1.807, 2.05) is 59.5 Å². The van der Waals surface area contributed by atoms with Gasteiger partial charge in [0.05, 0.1) is 28.5 Å². The summed E-state index contributed by atoms with van der Waals surface area (Å²) in [6, 6.07) is 11.7. The van der Waals surface area contributed by atoms with Gasteiger partial charge in [0.25, 0.3) is 0 Å². The van der Waals surface area contributed by atoms with Crippen LogP contribution in [0.2, 0.25) is 0 Å². The van der Waals surface area contributed by atoms with Gasteiger partial charge in [-0.3, -0.25) is 9.55 Å². The van der Waals surface area contributed by atoms with Crippen LogP contribution in [0.25, 0.3) is 22.9 Å². The Morgan fingerprint density at radius 3 is 2.79 bits per heavy atom. The maximum atomic E-state index is 5.70. The fourth-order valence-electron chi connectivity index (χ4n) is 4.16. The van der Waals surface area contributed by atoms with Gasteiger partial charge in [-0.05, 0) is 30.3 Å². The molecule has 1 aliphatic rings. The topological polar surface area (TPSA) is 100 Å². The van der Waals surface area contributed by atoms with Crippen molar-refractivity contribution < 1.29 is 4.52 Å². The predicted molar refractivity (Wildman–Crippen MR) is 124 cm³/mol. The van der Waals surface area contributed by atoms with Gasteiger partial charge >= 0.3 is 0 Å². The van der Waals surface area contributed by atoms with Crippen LogP contribution in [0.3, 0.4) is 0 Å². The molecule has 1 aliphatic heterocycles. The van der Waals surface area contributed by atoms with Gasteiger partial charge in [0.2, 0.25) is 11.7 Å². The monoisotopic (exact) mass is 448 g/mol. The van der Waals surface area contributed by atoms with Crippen molar-refractivity contribution in [3.05, 3.63) is 83.2 Å². The van der Waals surface area contributed by atoms with E-state index in [-0.39, 0.29) is 5.92 Å². The van der Waals surface area contributed by atoms with Crippen LogP contribution < -0.4 is 0 Å². The van der Waals surface area contributed by atoms with E-state index in [1.54, 1.807) is 12.5 Å². The molecule has 0 N–H and O–H groups in total. The Balaban J connectivity index is 1.55. The van der Waals surface area contributed by atoms with E-state index in [0.29, 0.717) is 30.3 Å². The molecule has 9 nitrogen and oxygen atoms in total. The second-order valence-electron chi connectivity index (χ2n) is 8.44. The molecular formula is C25H20N8O. The molecule has 0 aliphatic carbocycles. The molecule has 5 heterocycles. The third-order valence-electron chi connectivity index (χ3n) is 5.90. The number of benzene rings is 1. The van der Waals surface area contributed by atoms with Crippen molar-refractivity contribution in [1.29, 1.82) is 0 Å². The number of nitrogens with zero attached hydrogens (tertiary/aromatic N) is 8. The molecule has 0 radical (unpaired) electrons. The number of hydrogen-bond donors (Lipinski definition) is 0. The van der Waals surface area contributed by atoms with Gasteiger partial charge in [0.1, 0.15) is 12.0 Å². The van der Waals surface area contributed by atoms with Crippen LogP contribution in [0, 0.1) is 12.3 Å². The minimum absolute atomic E-state index is 0.126. The average molecular weight is 448 g/mol.